The summed E-state index contributed by atoms with van der Waals surface area (Å²) in [5, 5.41) is 0. The lowest BCUT2D eigenvalue weighted by atomic mass is 10.1. The van der Waals surface area contributed by atoms with Crippen LogP contribution in [0.1, 0.15) is 18.1 Å². The standard InChI is InChI=1S/C23H25N3O4S/c1-17-8-10-19(11-9-17)22-18(2)23(28)26(31(22,29)30)16-21(27)25-14-12-24(13-15-25)20-6-4-3-5-7-20/h3-11H,12-16H2,1-2H3. The van der Waals surface area contributed by atoms with Crippen molar-refractivity contribution in [3.63, 3.8) is 0 Å². The van der Waals surface area contributed by atoms with E-state index >= 15 is 0 Å². The third kappa shape index (κ3) is 3.95. The minimum absolute atomic E-state index is 0.0146. The Bertz CT molecular complexity index is 1130. The van der Waals surface area contributed by atoms with Crippen LogP contribution < -0.4 is 4.90 Å². The second-order valence-electron chi connectivity index (χ2n) is 7.84. The van der Waals surface area contributed by atoms with Crippen molar-refractivity contribution in [1.82, 2.24) is 9.21 Å². The highest BCUT2D eigenvalue weighted by molar-refractivity contribution is 7.99. The van der Waals surface area contributed by atoms with Crippen LogP contribution in [0.5, 0.6) is 0 Å². The van der Waals surface area contributed by atoms with Crippen molar-refractivity contribution in [2.45, 2.75) is 13.8 Å². The van der Waals surface area contributed by atoms with E-state index in [1.807, 2.05) is 37.3 Å². The summed E-state index contributed by atoms with van der Waals surface area (Å²) in [5.41, 5.74) is 2.69. The molecule has 1 fully saturated rings. The van der Waals surface area contributed by atoms with Crippen LogP contribution >= 0.6 is 0 Å². The lowest BCUT2D eigenvalue weighted by molar-refractivity contribution is -0.135. The Morgan fingerprint density at radius 1 is 0.903 bits per heavy atom. The number of para-hydroxylation sites is 1. The van der Waals surface area contributed by atoms with E-state index in [1.165, 1.54) is 6.92 Å². The fraction of sp³-hybridized carbons (Fsp3) is 0.304. The number of carbonyl (C=O) groups excluding carboxylic acids is 2. The summed E-state index contributed by atoms with van der Waals surface area (Å²) in [7, 11) is -4.07. The zero-order chi connectivity index (χ0) is 22.2. The maximum Gasteiger partial charge on any atom is 0.268 e. The van der Waals surface area contributed by atoms with Crippen LogP contribution in [0.4, 0.5) is 5.69 Å². The van der Waals surface area contributed by atoms with Crippen molar-refractivity contribution >= 4 is 32.4 Å². The number of carbonyl (C=O) groups is 2. The highest BCUT2D eigenvalue weighted by atomic mass is 32.2. The molecule has 2 aromatic rings. The first kappa shape index (κ1) is 21.1. The summed E-state index contributed by atoms with van der Waals surface area (Å²) in [5.74, 6) is -0.991. The number of rotatable bonds is 4. The van der Waals surface area contributed by atoms with Crippen molar-refractivity contribution in [3.8, 4) is 0 Å². The Morgan fingerprint density at radius 2 is 1.52 bits per heavy atom. The molecule has 0 aromatic heterocycles. The molecule has 1 saturated heterocycles. The van der Waals surface area contributed by atoms with Crippen molar-refractivity contribution in [2.24, 2.45) is 0 Å². The van der Waals surface area contributed by atoms with Crippen LogP contribution in [0.2, 0.25) is 0 Å². The van der Waals surface area contributed by atoms with Crippen molar-refractivity contribution in [1.29, 1.82) is 0 Å². The Labute approximate surface area is 182 Å². The second-order valence-corrected chi connectivity index (χ2v) is 9.64. The molecule has 0 unspecified atom stereocenters. The summed E-state index contributed by atoms with van der Waals surface area (Å²) in [4.78, 5) is 29.4. The van der Waals surface area contributed by atoms with Gasteiger partial charge in [0.1, 0.15) is 11.4 Å². The first-order chi connectivity index (χ1) is 14.8. The minimum Gasteiger partial charge on any atom is -0.368 e. The van der Waals surface area contributed by atoms with Gasteiger partial charge in [-0.3, -0.25) is 9.59 Å². The van der Waals surface area contributed by atoms with E-state index in [0.29, 0.717) is 36.0 Å². The van der Waals surface area contributed by atoms with Crippen LogP contribution in [-0.2, 0) is 19.6 Å². The van der Waals surface area contributed by atoms with Gasteiger partial charge in [0.05, 0.1) is 0 Å². The largest absolute Gasteiger partial charge is 0.368 e. The van der Waals surface area contributed by atoms with Crippen LogP contribution in [-0.4, -0.2) is 62.2 Å². The fourth-order valence-electron chi connectivity index (χ4n) is 4.00. The normalized spacial score (nSPS) is 18.6. The van der Waals surface area contributed by atoms with Crippen LogP contribution in [0.25, 0.3) is 4.91 Å². The highest BCUT2D eigenvalue weighted by Gasteiger charge is 2.43. The van der Waals surface area contributed by atoms with Crippen LogP contribution in [0.15, 0.2) is 60.2 Å². The van der Waals surface area contributed by atoms with Gasteiger partial charge in [-0.05, 0) is 31.5 Å². The van der Waals surface area contributed by atoms with Crippen molar-refractivity contribution in [3.05, 3.63) is 71.3 Å². The molecule has 0 bridgehead atoms. The van der Waals surface area contributed by atoms with E-state index in [4.69, 9.17) is 0 Å². The topological polar surface area (TPSA) is 78.0 Å². The Kier molecular flexibility index (Phi) is 5.58. The van der Waals surface area contributed by atoms with Gasteiger partial charge in [-0.2, -0.15) is 0 Å². The average molecular weight is 440 g/mol. The predicted octanol–water partition coefficient (Wildman–Crippen LogP) is 2.25. The van der Waals surface area contributed by atoms with Gasteiger partial charge in [0.2, 0.25) is 5.91 Å². The van der Waals surface area contributed by atoms with E-state index in [-0.39, 0.29) is 16.4 Å². The molecule has 0 N–H and O–H groups in total. The Morgan fingerprint density at radius 3 is 2.13 bits per heavy atom. The van der Waals surface area contributed by atoms with Crippen molar-refractivity contribution < 1.29 is 18.0 Å². The number of sulfonamides is 1. The number of amides is 2. The SMILES string of the molecule is CC1=C(c2ccc(C)cc2)S(=O)(=O)N(CC(=O)N2CCN(c3ccccc3)CC2)C1=O. The molecular weight excluding hydrogens is 414 g/mol. The molecule has 0 spiro atoms. The van der Waals surface area contributed by atoms with Gasteiger partial charge >= 0.3 is 0 Å². The molecule has 2 heterocycles. The third-order valence-corrected chi connectivity index (χ3v) is 7.72. The van der Waals surface area contributed by atoms with E-state index in [1.54, 1.807) is 29.2 Å². The third-order valence-electron chi connectivity index (χ3n) is 5.78. The molecule has 2 aromatic carbocycles. The fourth-order valence-corrected chi connectivity index (χ4v) is 5.76. The summed E-state index contributed by atoms with van der Waals surface area (Å²) in [6.07, 6.45) is 0. The monoisotopic (exact) mass is 439 g/mol. The number of piperazine rings is 1. The van der Waals surface area contributed by atoms with Gasteiger partial charge in [-0.25, -0.2) is 12.7 Å². The maximum atomic E-state index is 13.1. The molecule has 162 valence electrons. The lowest BCUT2D eigenvalue weighted by Gasteiger charge is -2.36. The number of aryl methyl sites for hydroxylation is 1. The van der Waals surface area contributed by atoms with Gasteiger partial charge in [-0.15, -0.1) is 0 Å². The van der Waals surface area contributed by atoms with E-state index in [2.05, 4.69) is 4.90 Å². The van der Waals surface area contributed by atoms with Gasteiger partial charge in [0, 0.05) is 37.4 Å². The van der Waals surface area contributed by atoms with E-state index < -0.39 is 22.5 Å². The molecule has 0 radical (unpaired) electrons. The Balaban J connectivity index is 1.46. The molecule has 4 rings (SSSR count). The molecule has 2 aliphatic heterocycles. The summed E-state index contributed by atoms with van der Waals surface area (Å²) in [6.45, 7) is 5.20. The molecule has 0 atom stereocenters. The van der Waals surface area contributed by atoms with Crippen molar-refractivity contribution in [2.75, 3.05) is 37.6 Å². The smallest absolute Gasteiger partial charge is 0.268 e. The molecule has 0 aliphatic carbocycles. The highest BCUT2D eigenvalue weighted by Crippen LogP contribution is 2.35. The first-order valence-electron chi connectivity index (χ1n) is 10.2. The number of nitrogens with zero attached hydrogens (tertiary/aromatic N) is 3. The summed E-state index contributed by atoms with van der Waals surface area (Å²) in [6, 6.07) is 16.9. The van der Waals surface area contributed by atoms with Gasteiger partial charge in [0.15, 0.2) is 0 Å². The first-order valence-corrected chi connectivity index (χ1v) is 11.7. The lowest BCUT2D eigenvalue weighted by Crippen LogP contribution is -2.52. The second kappa shape index (κ2) is 8.19. The summed E-state index contributed by atoms with van der Waals surface area (Å²) >= 11 is 0. The van der Waals surface area contributed by atoms with Crippen LogP contribution in [0, 0.1) is 6.92 Å². The molecule has 2 amide bonds. The molecule has 0 saturated carbocycles. The molecular formula is C23H25N3O4S. The maximum absolute atomic E-state index is 13.1. The van der Waals surface area contributed by atoms with E-state index in [0.717, 1.165) is 11.3 Å². The number of hydrogen-bond donors (Lipinski definition) is 0. The zero-order valence-electron chi connectivity index (χ0n) is 17.6. The van der Waals surface area contributed by atoms with E-state index in [9.17, 15) is 18.0 Å². The van der Waals surface area contributed by atoms with Crippen LogP contribution in [0.3, 0.4) is 0 Å². The number of anilines is 1. The summed E-state index contributed by atoms with van der Waals surface area (Å²) < 4.78 is 27.0. The Hall–Kier alpha value is -3.13. The predicted molar refractivity (Wildman–Crippen MR) is 120 cm³/mol. The quantitative estimate of drug-likeness (QED) is 0.730. The van der Waals surface area contributed by atoms with Gasteiger partial charge in [0.25, 0.3) is 15.9 Å². The molecule has 8 heteroatoms. The van der Waals surface area contributed by atoms with Gasteiger partial charge in [-0.1, -0.05) is 48.0 Å². The number of benzene rings is 2. The number of hydrogen-bond acceptors (Lipinski definition) is 5. The minimum atomic E-state index is -4.07. The molecule has 31 heavy (non-hydrogen) atoms. The molecule has 7 nitrogen and oxygen atoms in total. The molecule has 2 aliphatic rings. The average Bonchev–Trinajstić information content (AvgIpc) is 2.94. The van der Waals surface area contributed by atoms with Gasteiger partial charge < -0.3 is 9.80 Å². The zero-order valence-corrected chi connectivity index (χ0v) is 18.4.